The topological polar surface area (TPSA) is 69.9 Å². The second-order valence-corrected chi connectivity index (χ2v) is 7.54. The largest absolute Gasteiger partial charge is 0.397 e. The molecule has 0 aromatic heterocycles. The predicted octanol–water partition coefficient (Wildman–Crippen LogP) is 1.05. The van der Waals surface area contributed by atoms with Crippen molar-refractivity contribution < 1.29 is 8.42 Å². The first kappa shape index (κ1) is 17.1. The van der Waals surface area contributed by atoms with Crippen LogP contribution in [0.5, 0.6) is 0 Å². The molecule has 6 nitrogen and oxygen atoms in total. The second-order valence-electron chi connectivity index (χ2n) is 5.60. The highest BCUT2D eigenvalue weighted by Gasteiger charge is 2.23. The number of benzene rings is 1. The Labute approximate surface area is 133 Å². The number of anilines is 2. The van der Waals surface area contributed by atoms with Crippen LogP contribution in [0.15, 0.2) is 23.1 Å². The highest BCUT2D eigenvalue weighted by molar-refractivity contribution is 7.89. The van der Waals surface area contributed by atoms with Gasteiger partial charge in [-0.2, -0.15) is 4.31 Å². The average molecular weight is 326 g/mol. The van der Waals surface area contributed by atoms with Crippen LogP contribution < -0.4 is 10.6 Å². The van der Waals surface area contributed by atoms with E-state index >= 15 is 0 Å². The highest BCUT2D eigenvalue weighted by atomic mass is 32.2. The third-order valence-corrected chi connectivity index (χ3v) is 6.23. The average Bonchev–Trinajstić information content (AvgIpc) is 2.49. The Bertz CT molecular complexity index is 606. The predicted molar refractivity (Wildman–Crippen MR) is 90.7 cm³/mol. The second kappa shape index (κ2) is 6.85. The molecule has 0 aliphatic carbocycles. The Kier molecular flexibility index (Phi) is 5.31. The molecule has 1 aliphatic rings. The number of hydrogen-bond acceptors (Lipinski definition) is 5. The van der Waals surface area contributed by atoms with Crippen molar-refractivity contribution in [1.82, 2.24) is 9.21 Å². The van der Waals surface area contributed by atoms with Crippen LogP contribution in [0.2, 0.25) is 0 Å². The Morgan fingerprint density at radius 1 is 1.14 bits per heavy atom. The first-order valence-electron chi connectivity index (χ1n) is 7.73. The van der Waals surface area contributed by atoms with Gasteiger partial charge in [0.15, 0.2) is 0 Å². The third kappa shape index (κ3) is 3.37. The quantitative estimate of drug-likeness (QED) is 0.819. The summed E-state index contributed by atoms with van der Waals surface area (Å²) in [5, 5.41) is 0. The van der Waals surface area contributed by atoms with E-state index < -0.39 is 10.0 Å². The number of likely N-dealkylation sites (N-methyl/N-ethyl adjacent to an activating group) is 1. The van der Waals surface area contributed by atoms with Crippen LogP contribution in [-0.4, -0.2) is 63.9 Å². The molecule has 22 heavy (non-hydrogen) atoms. The molecule has 1 fully saturated rings. The number of nitrogens with two attached hydrogens (primary N) is 1. The van der Waals surface area contributed by atoms with E-state index in [-0.39, 0.29) is 4.90 Å². The van der Waals surface area contributed by atoms with Gasteiger partial charge < -0.3 is 15.5 Å². The van der Waals surface area contributed by atoms with Gasteiger partial charge in [0.2, 0.25) is 10.0 Å². The number of hydrogen-bond donors (Lipinski definition) is 1. The number of rotatable bonds is 5. The molecule has 1 aromatic carbocycles. The minimum Gasteiger partial charge on any atom is -0.397 e. The van der Waals surface area contributed by atoms with E-state index in [1.165, 1.54) is 4.31 Å². The van der Waals surface area contributed by atoms with Crippen LogP contribution in [0, 0.1) is 0 Å². The maximum absolute atomic E-state index is 12.5. The summed E-state index contributed by atoms with van der Waals surface area (Å²) in [6.07, 6.45) is 0. The van der Waals surface area contributed by atoms with E-state index in [9.17, 15) is 8.42 Å². The van der Waals surface area contributed by atoms with Crippen molar-refractivity contribution in [3.8, 4) is 0 Å². The molecular formula is C15H26N4O2S. The van der Waals surface area contributed by atoms with E-state index in [4.69, 9.17) is 5.73 Å². The van der Waals surface area contributed by atoms with Crippen LogP contribution in [0.3, 0.4) is 0 Å². The molecule has 2 N–H and O–H groups in total. The fraction of sp³-hybridized carbons (Fsp3) is 0.600. The lowest BCUT2D eigenvalue weighted by atomic mass is 10.2. The summed E-state index contributed by atoms with van der Waals surface area (Å²) in [6.45, 7) is 8.37. The van der Waals surface area contributed by atoms with Crippen molar-refractivity contribution in [3.63, 3.8) is 0 Å². The number of nitrogen functional groups attached to an aromatic ring is 1. The van der Waals surface area contributed by atoms with Gasteiger partial charge in [-0.05, 0) is 25.2 Å². The zero-order chi connectivity index (χ0) is 16.3. The van der Waals surface area contributed by atoms with Crippen LogP contribution in [0.4, 0.5) is 11.4 Å². The summed E-state index contributed by atoms with van der Waals surface area (Å²) in [4.78, 5) is 4.75. The van der Waals surface area contributed by atoms with E-state index in [0.29, 0.717) is 18.8 Å². The smallest absolute Gasteiger partial charge is 0.243 e. The molecule has 1 heterocycles. The van der Waals surface area contributed by atoms with Crippen molar-refractivity contribution in [2.75, 3.05) is 56.9 Å². The van der Waals surface area contributed by atoms with Gasteiger partial charge in [0, 0.05) is 39.3 Å². The van der Waals surface area contributed by atoms with E-state index in [0.717, 1.165) is 31.9 Å². The molecular weight excluding hydrogens is 300 g/mol. The Hall–Kier alpha value is -1.31. The molecule has 1 saturated heterocycles. The summed E-state index contributed by atoms with van der Waals surface area (Å²) >= 11 is 0. The van der Waals surface area contributed by atoms with Crippen LogP contribution >= 0.6 is 0 Å². The van der Waals surface area contributed by atoms with Gasteiger partial charge in [-0.1, -0.05) is 13.8 Å². The maximum Gasteiger partial charge on any atom is 0.243 e. The van der Waals surface area contributed by atoms with Crippen molar-refractivity contribution in [1.29, 1.82) is 0 Å². The molecule has 124 valence electrons. The van der Waals surface area contributed by atoms with Crippen molar-refractivity contribution >= 4 is 21.4 Å². The molecule has 0 unspecified atom stereocenters. The van der Waals surface area contributed by atoms with Crippen LogP contribution in [0.25, 0.3) is 0 Å². The van der Waals surface area contributed by atoms with Gasteiger partial charge in [-0.3, -0.25) is 0 Å². The van der Waals surface area contributed by atoms with Gasteiger partial charge in [0.25, 0.3) is 0 Å². The van der Waals surface area contributed by atoms with Gasteiger partial charge in [0.05, 0.1) is 16.3 Å². The van der Waals surface area contributed by atoms with Crippen LogP contribution in [-0.2, 0) is 10.0 Å². The Morgan fingerprint density at radius 2 is 1.73 bits per heavy atom. The molecule has 0 bridgehead atoms. The zero-order valence-corrected chi connectivity index (χ0v) is 14.4. The molecule has 7 heteroatoms. The zero-order valence-electron chi connectivity index (χ0n) is 13.6. The van der Waals surface area contributed by atoms with Crippen molar-refractivity contribution in [2.24, 2.45) is 0 Å². The molecule has 0 amide bonds. The Balaban J connectivity index is 2.26. The third-order valence-electron chi connectivity index (χ3n) is 4.19. The number of nitrogens with zero attached hydrogens (tertiary/aromatic N) is 3. The Morgan fingerprint density at radius 3 is 2.23 bits per heavy atom. The fourth-order valence-corrected chi connectivity index (χ4v) is 4.23. The number of sulfonamides is 1. The first-order valence-corrected chi connectivity index (χ1v) is 9.17. The fourth-order valence-electron chi connectivity index (χ4n) is 2.74. The molecule has 0 saturated carbocycles. The summed E-state index contributed by atoms with van der Waals surface area (Å²) < 4.78 is 26.5. The SMILES string of the molecule is CCN(CC)S(=O)(=O)c1ccc(N2CCN(C)CC2)c(N)c1. The molecule has 2 rings (SSSR count). The molecule has 0 atom stereocenters. The molecule has 1 aliphatic heterocycles. The first-order chi connectivity index (χ1) is 10.4. The minimum atomic E-state index is -3.45. The van der Waals surface area contributed by atoms with Gasteiger partial charge in [0.1, 0.15) is 0 Å². The number of piperazine rings is 1. The molecule has 0 spiro atoms. The van der Waals surface area contributed by atoms with Crippen molar-refractivity contribution in [3.05, 3.63) is 18.2 Å². The lowest BCUT2D eigenvalue weighted by Crippen LogP contribution is -2.44. The summed E-state index contributed by atoms with van der Waals surface area (Å²) in [5.74, 6) is 0. The van der Waals surface area contributed by atoms with E-state index in [1.54, 1.807) is 12.1 Å². The minimum absolute atomic E-state index is 0.270. The lowest BCUT2D eigenvalue weighted by molar-refractivity contribution is 0.313. The van der Waals surface area contributed by atoms with Gasteiger partial charge >= 0.3 is 0 Å². The molecule has 0 radical (unpaired) electrons. The summed E-state index contributed by atoms with van der Waals surface area (Å²) in [7, 11) is -1.36. The maximum atomic E-state index is 12.5. The highest BCUT2D eigenvalue weighted by Crippen LogP contribution is 2.28. The lowest BCUT2D eigenvalue weighted by Gasteiger charge is -2.34. The van der Waals surface area contributed by atoms with E-state index in [1.807, 2.05) is 19.9 Å². The van der Waals surface area contributed by atoms with E-state index in [2.05, 4.69) is 16.8 Å². The summed E-state index contributed by atoms with van der Waals surface area (Å²) in [5.41, 5.74) is 7.58. The van der Waals surface area contributed by atoms with Crippen molar-refractivity contribution in [2.45, 2.75) is 18.7 Å². The monoisotopic (exact) mass is 326 g/mol. The summed E-state index contributed by atoms with van der Waals surface area (Å²) in [6, 6.07) is 5.08. The standard InChI is InChI=1S/C15H26N4O2S/c1-4-19(5-2)22(20,21)13-6-7-15(14(16)12-13)18-10-8-17(3)9-11-18/h6-7,12H,4-5,8-11,16H2,1-3H3. The normalized spacial score (nSPS) is 17.2. The molecule has 1 aromatic rings. The van der Waals surface area contributed by atoms with Crippen LogP contribution in [0.1, 0.15) is 13.8 Å². The van der Waals surface area contributed by atoms with Gasteiger partial charge in [-0.25, -0.2) is 8.42 Å². The van der Waals surface area contributed by atoms with Gasteiger partial charge in [-0.15, -0.1) is 0 Å².